The molecule has 0 saturated heterocycles. The van der Waals surface area contributed by atoms with Gasteiger partial charge in [0.25, 0.3) is 0 Å². The van der Waals surface area contributed by atoms with Crippen LogP contribution in [0.25, 0.3) is 33.7 Å². The van der Waals surface area contributed by atoms with Crippen LogP contribution in [0.5, 0.6) is 0 Å². The molecule has 0 atom stereocenters. The van der Waals surface area contributed by atoms with E-state index in [1.165, 1.54) is 16.8 Å². The maximum atomic E-state index is 11.8. The fourth-order valence-electron chi connectivity index (χ4n) is 7.32. The third-order valence-corrected chi connectivity index (χ3v) is 12.5. The van der Waals surface area contributed by atoms with E-state index in [-0.39, 0.29) is 24.2 Å². The first kappa shape index (κ1) is 39.1. The van der Waals surface area contributed by atoms with Gasteiger partial charge < -0.3 is 10.2 Å². The van der Waals surface area contributed by atoms with Crippen molar-refractivity contribution in [2.45, 2.75) is 75.5 Å². The molecular formula is C36H46N14O4S2. The highest BCUT2D eigenvalue weighted by molar-refractivity contribution is 7.88. The minimum Gasteiger partial charge on any atom is -0.351 e. The Bertz CT molecular complexity index is 2500. The molecule has 296 valence electrons. The number of rotatable bonds is 10. The van der Waals surface area contributed by atoms with Crippen LogP contribution in [0, 0.1) is 0 Å². The molecule has 4 aromatic heterocycles. The molecule has 4 heterocycles. The summed E-state index contributed by atoms with van der Waals surface area (Å²) >= 11 is 0. The summed E-state index contributed by atoms with van der Waals surface area (Å²) in [4.78, 5) is 20.1. The van der Waals surface area contributed by atoms with Crippen molar-refractivity contribution in [1.82, 2.24) is 59.0 Å². The van der Waals surface area contributed by atoms with Crippen molar-refractivity contribution in [2.75, 3.05) is 36.8 Å². The van der Waals surface area contributed by atoms with Gasteiger partial charge in [-0.1, -0.05) is 34.7 Å². The first-order valence-electron chi connectivity index (χ1n) is 18.5. The monoisotopic (exact) mass is 802 g/mol. The van der Waals surface area contributed by atoms with Crippen LogP contribution in [0.1, 0.15) is 51.4 Å². The minimum absolute atomic E-state index is 0.00631. The molecule has 0 bridgehead atoms. The highest BCUT2D eigenvalue weighted by Gasteiger charge is 2.31. The molecule has 20 heteroatoms. The van der Waals surface area contributed by atoms with Crippen molar-refractivity contribution >= 4 is 54.0 Å². The molecule has 18 nitrogen and oxygen atoms in total. The Balaban J connectivity index is 0.000000172. The molecule has 2 saturated carbocycles. The van der Waals surface area contributed by atoms with Gasteiger partial charge in [-0.25, -0.2) is 35.8 Å². The Kier molecular flexibility index (Phi) is 11.5. The summed E-state index contributed by atoms with van der Waals surface area (Å²) in [5, 5.41) is 20.1. The molecule has 0 aliphatic heterocycles. The van der Waals surface area contributed by atoms with Crippen LogP contribution in [0.2, 0.25) is 0 Å². The van der Waals surface area contributed by atoms with Crippen molar-refractivity contribution in [3.8, 4) is 11.6 Å². The minimum atomic E-state index is -3.16. The third kappa shape index (κ3) is 9.26. The summed E-state index contributed by atoms with van der Waals surface area (Å²) < 4.78 is 53.9. The Morgan fingerprint density at radius 2 is 1.16 bits per heavy atom. The van der Waals surface area contributed by atoms with E-state index in [1.54, 1.807) is 34.9 Å². The van der Waals surface area contributed by atoms with Crippen LogP contribution in [0.15, 0.2) is 73.1 Å². The van der Waals surface area contributed by atoms with Crippen LogP contribution in [0.3, 0.4) is 0 Å². The predicted octanol–water partition coefficient (Wildman–Crippen LogP) is 3.33. The van der Waals surface area contributed by atoms with Crippen molar-refractivity contribution in [3.05, 3.63) is 73.1 Å². The van der Waals surface area contributed by atoms with E-state index in [2.05, 4.69) is 50.5 Å². The van der Waals surface area contributed by atoms with Gasteiger partial charge in [0.2, 0.25) is 31.9 Å². The number of nitrogens with zero attached hydrogens (tertiary/aromatic N) is 12. The molecule has 2 fully saturated rings. The van der Waals surface area contributed by atoms with Gasteiger partial charge in [-0.3, -0.25) is 0 Å². The van der Waals surface area contributed by atoms with E-state index in [4.69, 9.17) is 4.98 Å². The zero-order chi connectivity index (χ0) is 39.5. The molecule has 2 aliphatic rings. The van der Waals surface area contributed by atoms with Gasteiger partial charge in [0, 0.05) is 62.8 Å². The lowest BCUT2D eigenvalue weighted by Gasteiger charge is -2.37. The first-order valence-corrected chi connectivity index (χ1v) is 22.2. The summed E-state index contributed by atoms with van der Waals surface area (Å²) in [7, 11) is -2.67. The number of hydrogen-bond acceptors (Lipinski definition) is 14. The summed E-state index contributed by atoms with van der Waals surface area (Å²) in [6, 6.07) is 19.6. The number of sulfonamides is 2. The second kappa shape index (κ2) is 16.5. The van der Waals surface area contributed by atoms with Crippen LogP contribution < -0.4 is 14.9 Å². The summed E-state index contributed by atoms with van der Waals surface area (Å²) in [6.45, 7) is 0. The lowest BCUT2D eigenvalue weighted by Crippen LogP contribution is -2.43. The molecular weight excluding hydrogens is 757 g/mol. The Hall–Kier alpha value is -5.18. The molecule has 0 radical (unpaired) electrons. The average Bonchev–Trinajstić information content (AvgIpc) is 3.83. The van der Waals surface area contributed by atoms with Gasteiger partial charge >= 0.3 is 0 Å². The van der Waals surface area contributed by atoms with Crippen molar-refractivity contribution < 1.29 is 16.8 Å². The van der Waals surface area contributed by atoms with E-state index in [0.29, 0.717) is 23.5 Å². The quantitative estimate of drug-likeness (QED) is 0.204. The predicted molar refractivity (Wildman–Crippen MR) is 214 cm³/mol. The highest BCUT2D eigenvalue weighted by Crippen LogP contribution is 2.29. The van der Waals surface area contributed by atoms with E-state index in [0.717, 1.165) is 73.4 Å². The smallest absolute Gasteiger partial charge is 0.227 e. The third-order valence-electron chi connectivity index (χ3n) is 10.4. The number of nitrogens with one attached hydrogen (secondary N) is 2. The molecule has 0 spiro atoms. The maximum absolute atomic E-state index is 11.8. The van der Waals surface area contributed by atoms with Gasteiger partial charge in [0.05, 0.1) is 23.5 Å². The number of benzene rings is 2. The van der Waals surface area contributed by atoms with E-state index >= 15 is 0 Å². The van der Waals surface area contributed by atoms with Crippen molar-refractivity contribution in [3.63, 3.8) is 0 Å². The lowest BCUT2D eigenvalue weighted by atomic mass is 9.90. The SMILES string of the molecule is CN(c1nccc(-n2nnc3ccccc32)n1)C1CCC(N(C)S(C)(=O)=O)CC1.CS(=O)(=O)NC1CCC(Nc2nccc(-n3nnc4ccccc43)n2)CC1. The van der Waals surface area contributed by atoms with Gasteiger partial charge in [0.15, 0.2) is 11.6 Å². The number of anilines is 2. The van der Waals surface area contributed by atoms with Gasteiger partial charge in [-0.2, -0.15) is 19.3 Å². The van der Waals surface area contributed by atoms with Crippen LogP contribution in [0.4, 0.5) is 11.9 Å². The number of fused-ring (bicyclic) bond motifs is 2. The molecule has 2 aromatic carbocycles. The van der Waals surface area contributed by atoms with Crippen molar-refractivity contribution in [1.29, 1.82) is 0 Å². The molecule has 8 rings (SSSR count). The first-order chi connectivity index (χ1) is 26.8. The lowest BCUT2D eigenvalue weighted by molar-refractivity contribution is 0.266. The second-order valence-electron chi connectivity index (χ2n) is 14.4. The number of para-hydroxylation sites is 2. The zero-order valence-corrected chi connectivity index (χ0v) is 33.3. The van der Waals surface area contributed by atoms with Crippen LogP contribution in [-0.2, 0) is 20.0 Å². The molecule has 0 unspecified atom stereocenters. The normalized spacial score (nSPS) is 20.4. The second-order valence-corrected chi connectivity index (χ2v) is 18.2. The van der Waals surface area contributed by atoms with Crippen LogP contribution >= 0.6 is 0 Å². The summed E-state index contributed by atoms with van der Waals surface area (Å²) in [5.41, 5.74) is 3.40. The van der Waals surface area contributed by atoms with E-state index < -0.39 is 20.0 Å². The average molecular weight is 803 g/mol. The van der Waals surface area contributed by atoms with Crippen molar-refractivity contribution in [2.24, 2.45) is 0 Å². The van der Waals surface area contributed by atoms with Gasteiger partial charge in [-0.05, 0) is 75.6 Å². The zero-order valence-electron chi connectivity index (χ0n) is 31.7. The number of hydrogen-bond donors (Lipinski definition) is 2. The fraction of sp³-hybridized carbons (Fsp3) is 0.444. The van der Waals surface area contributed by atoms with Crippen LogP contribution in [-0.4, -0.2) is 122 Å². The maximum Gasteiger partial charge on any atom is 0.227 e. The van der Waals surface area contributed by atoms with Gasteiger partial charge in [0.1, 0.15) is 11.0 Å². The Morgan fingerprint density at radius 1 is 0.643 bits per heavy atom. The topological polar surface area (TPSA) is 212 Å². The summed E-state index contributed by atoms with van der Waals surface area (Å²) in [5.74, 6) is 2.48. The Labute approximate surface area is 325 Å². The molecule has 56 heavy (non-hydrogen) atoms. The Morgan fingerprint density at radius 3 is 1.73 bits per heavy atom. The van der Waals surface area contributed by atoms with E-state index in [1.807, 2.05) is 61.6 Å². The van der Waals surface area contributed by atoms with E-state index in [9.17, 15) is 16.8 Å². The molecule has 0 amide bonds. The molecule has 6 aromatic rings. The molecule has 2 N–H and O–H groups in total. The standard InChI is InChI=1S/C19H25N7O2S.C17H21N7O2S/c1-24(14-8-10-15(11-9-14)25(2)29(3,27)28)19-20-13-12-18(21-19)26-17-7-5-4-6-16(17)22-23-26;1-27(25,26)22-13-8-6-12(7-9-13)19-17-18-11-10-16(20-17)24-15-5-3-2-4-14(15)21-23-24/h4-7,12-15H,8-11H2,1-3H3;2-5,10-13,22H,6-9H2,1H3,(H,18,19,20). The fourth-order valence-corrected chi connectivity index (χ4v) is 8.92. The highest BCUT2D eigenvalue weighted by atomic mass is 32.2. The van der Waals surface area contributed by atoms with Gasteiger partial charge in [-0.15, -0.1) is 10.2 Å². The molecule has 2 aliphatic carbocycles. The summed E-state index contributed by atoms with van der Waals surface area (Å²) in [6.07, 6.45) is 12.6. The largest absolute Gasteiger partial charge is 0.351 e. The number of aromatic nitrogens is 10.